The highest BCUT2D eigenvalue weighted by molar-refractivity contribution is 9.10. The zero-order valence-electron chi connectivity index (χ0n) is 13.5. The predicted molar refractivity (Wildman–Crippen MR) is 98.1 cm³/mol. The van der Waals surface area contributed by atoms with E-state index in [9.17, 15) is 9.18 Å². The molecule has 7 heteroatoms. The normalized spacial score (nSPS) is 10.7. The number of hydrogen-bond acceptors (Lipinski definition) is 3. The first-order valence-electron chi connectivity index (χ1n) is 7.59. The molecule has 1 aromatic heterocycles. The second-order valence-corrected chi connectivity index (χ2v) is 6.34. The number of amides is 1. The fraction of sp³-hybridized carbons (Fsp3) is 0.111. The van der Waals surface area contributed by atoms with Crippen molar-refractivity contribution in [2.24, 2.45) is 7.05 Å². The topological polar surface area (TPSA) is 50.2 Å². The van der Waals surface area contributed by atoms with Gasteiger partial charge in [-0.25, -0.2) is 14.8 Å². The Balaban J connectivity index is 1.79. The number of carbonyl (C=O) groups excluding carboxylic acids is 1. The monoisotopic (exact) mass is 402 g/mol. The highest BCUT2D eigenvalue weighted by atomic mass is 79.9. The lowest BCUT2D eigenvalue weighted by Crippen LogP contribution is -2.36. The van der Waals surface area contributed by atoms with Gasteiger partial charge in [0.15, 0.2) is 0 Å². The Hall–Kier alpha value is -2.51. The first-order chi connectivity index (χ1) is 12.1. The molecule has 2 aromatic carbocycles. The Labute approximate surface area is 153 Å². The molecular formula is C18H16BrFN4O. The van der Waals surface area contributed by atoms with Crippen LogP contribution in [0.15, 0.2) is 59.2 Å². The molecule has 1 heterocycles. The molecule has 0 aliphatic rings. The van der Waals surface area contributed by atoms with E-state index in [4.69, 9.17) is 0 Å². The Kier molecular flexibility index (Phi) is 5.25. The summed E-state index contributed by atoms with van der Waals surface area (Å²) >= 11 is 3.49. The number of rotatable bonds is 6. The summed E-state index contributed by atoms with van der Waals surface area (Å²) in [7, 11) is 1.85. The van der Waals surface area contributed by atoms with Gasteiger partial charge in [-0.3, -0.25) is 9.48 Å². The van der Waals surface area contributed by atoms with Gasteiger partial charge in [0.2, 0.25) is 6.41 Å². The molecule has 0 fully saturated rings. The zero-order chi connectivity index (χ0) is 17.8. The van der Waals surface area contributed by atoms with E-state index in [0.29, 0.717) is 18.6 Å². The molecular weight excluding hydrogens is 387 g/mol. The largest absolute Gasteiger partial charge is 0.277 e. The quantitative estimate of drug-likeness (QED) is 0.505. The van der Waals surface area contributed by atoms with Crippen molar-refractivity contribution in [1.29, 1.82) is 0 Å². The van der Waals surface area contributed by atoms with E-state index < -0.39 is 0 Å². The number of aryl methyl sites for hydroxylation is 1. The minimum atomic E-state index is -0.287. The van der Waals surface area contributed by atoms with Crippen molar-refractivity contribution < 1.29 is 9.18 Å². The number of anilines is 1. The van der Waals surface area contributed by atoms with Crippen molar-refractivity contribution >= 4 is 28.0 Å². The van der Waals surface area contributed by atoms with Gasteiger partial charge in [0.1, 0.15) is 11.5 Å². The van der Waals surface area contributed by atoms with Crippen molar-refractivity contribution in [3.63, 3.8) is 0 Å². The minimum Gasteiger partial charge on any atom is -0.277 e. The summed E-state index contributed by atoms with van der Waals surface area (Å²) in [6.07, 6.45) is 2.57. The molecule has 0 aliphatic carbocycles. The van der Waals surface area contributed by atoms with Gasteiger partial charge >= 0.3 is 0 Å². The summed E-state index contributed by atoms with van der Waals surface area (Å²) in [6, 6.07) is 13.6. The van der Waals surface area contributed by atoms with E-state index in [2.05, 4.69) is 26.5 Å². The lowest BCUT2D eigenvalue weighted by molar-refractivity contribution is -0.108. The number of nitrogens with one attached hydrogen (secondary N) is 1. The van der Waals surface area contributed by atoms with Crippen LogP contribution < -0.4 is 10.4 Å². The van der Waals surface area contributed by atoms with Crippen LogP contribution in [-0.2, 0) is 18.4 Å². The molecule has 5 nitrogen and oxygen atoms in total. The van der Waals surface area contributed by atoms with Gasteiger partial charge in [-0.1, -0.05) is 24.3 Å². The van der Waals surface area contributed by atoms with Gasteiger partial charge in [0.05, 0.1) is 10.2 Å². The highest BCUT2D eigenvalue weighted by Crippen LogP contribution is 2.28. The van der Waals surface area contributed by atoms with E-state index in [0.717, 1.165) is 21.3 Å². The number of aromatic nitrogens is 2. The number of halogens is 2. The van der Waals surface area contributed by atoms with Crippen LogP contribution in [0.25, 0.3) is 11.3 Å². The fourth-order valence-corrected chi connectivity index (χ4v) is 3.03. The summed E-state index contributed by atoms with van der Waals surface area (Å²) in [4.78, 5) is 11.5. The molecule has 0 radical (unpaired) electrons. The molecule has 0 spiro atoms. The summed E-state index contributed by atoms with van der Waals surface area (Å²) in [5, 5.41) is 5.81. The molecule has 25 heavy (non-hydrogen) atoms. The maximum absolute atomic E-state index is 13.0. The average molecular weight is 403 g/mol. The number of carbonyl (C=O) groups is 1. The van der Waals surface area contributed by atoms with Crippen LogP contribution in [0, 0.1) is 5.82 Å². The van der Waals surface area contributed by atoms with Crippen LogP contribution in [0.1, 0.15) is 5.56 Å². The molecule has 0 unspecified atom stereocenters. The van der Waals surface area contributed by atoms with Crippen LogP contribution >= 0.6 is 15.9 Å². The van der Waals surface area contributed by atoms with Crippen molar-refractivity contribution in [2.75, 3.05) is 5.01 Å². The molecule has 0 saturated heterocycles. The molecule has 1 N–H and O–H groups in total. The van der Waals surface area contributed by atoms with E-state index >= 15 is 0 Å². The van der Waals surface area contributed by atoms with E-state index in [1.807, 2.05) is 37.5 Å². The third-order valence-electron chi connectivity index (χ3n) is 3.65. The number of hydrazine groups is 1. The Morgan fingerprint density at radius 2 is 2.04 bits per heavy atom. The summed E-state index contributed by atoms with van der Waals surface area (Å²) in [6.45, 7) is 0.399. The average Bonchev–Trinajstić information content (AvgIpc) is 2.96. The van der Waals surface area contributed by atoms with Crippen LogP contribution in [-0.4, -0.2) is 16.2 Å². The number of hydrogen-bond donors (Lipinski definition) is 1. The molecule has 128 valence electrons. The predicted octanol–water partition coefficient (Wildman–Crippen LogP) is 3.66. The summed E-state index contributed by atoms with van der Waals surface area (Å²) in [5.74, 6) is -0.287. The van der Waals surface area contributed by atoms with Crippen LogP contribution in [0.3, 0.4) is 0 Å². The van der Waals surface area contributed by atoms with Gasteiger partial charge in [-0.05, 0) is 45.8 Å². The zero-order valence-corrected chi connectivity index (χ0v) is 15.1. The van der Waals surface area contributed by atoms with Crippen LogP contribution in [0.5, 0.6) is 0 Å². The molecule has 0 saturated carbocycles. The first-order valence-corrected chi connectivity index (χ1v) is 8.38. The SMILES string of the molecule is Cn1cc(Br)c(-c2cccc(N(C=O)NCc3ccc(F)cc3)c2)n1. The van der Waals surface area contributed by atoms with Crippen molar-refractivity contribution in [3.05, 3.63) is 70.6 Å². The van der Waals surface area contributed by atoms with Crippen molar-refractivity contribution in [2.45, 2.75) is 6.54 Å². The highest BCUT2D eigenvalue weighted by Gasteiger charge is 2.11. The Morgan fingerprint density at radius 1 is 1.28 bits per heavy atom. The van der Waals surface area contributed by atoms with Crippen LogP contribution in [0.2, 0.25) is 0 Å². The maximum Gasteiger partial charge on any atom is 0.228 e. The van der Waals surface area contributed by atoms with Gasteiger partial charge in [-0.2, -0.15) is 5.10 Å². The van der Waals surface area contributed by atoms with Gasteiger partial charge in [0, 0.05) is 25.4 Å². The molecule has 0 aliphatic heterocycles. The van der Waals surface area contributed by atoms with Crippen molar-refractivity contribution in [1.82, 2.24) is 15.2 Å². The summed E-state index contributed by atoms with van der Waals surface area (Å²) < 4.78 is 15.6. The van der Waals surface area contributed by atoms with Gasteiger partial charge in [0.25, 0.3) is 0 Å². The van der Waals surface area contributed by atoms with E-state index in [1.54, 1.807) is 16.8 Å². The minimum absolute atomic E-state index is 0.287. The Bertz CT molecular complexity index is 879. The molecule has 0 atom stereocenters. The van der Waals surface area contributed by atoms with Crippen molar-refractivity contribution in [3.8, 4) is 11.3 Å². The van der Waals surface area contributed by atoms with Crippen LogP contribution in [0.4, 0.5) is 10.1 Å². The third kappa shape index (κ3) is 4.12. The lowest BCUT2D eigenvalue weighted by atomic mass is 10.1. The number of nitrogens with zero attached hydrogens (tertiary/aromatic N) is 3. The van der Waals surface area contributed by atoms with E-state index in [1.165, 1.54) is 17.1 Å². The molecule has 3 aromatic rings. The molecule has 1 amide bonds. The Morgan fingerprint density at radius 3 is 2.68 bits per heavy atom. The first kappa shape index (κ1) is 17.3. The van der Waals surface area contributed by atoms with Gasteiger partial charge < -0.3 is 0 Å². The smallest absolute Gasteiger partial charge is 0.228 e. The lowest BCUT2D eigenvalue weighted by Gasteiger charge is -2.19. The number of benzene rings is 2. The third-order valence-corrected chi connectivity index (χ3v) is 4.23. The molecule has 3 rings (SSSR count). The standard InChI is InChI=1S/C18H16BrFN4O/c1-23-11-17(19)18(22-23)14-3-2-4-16(9-14)24(12-25)21-10-13-5-7-15(20)8-6-13/h2-9,11-12,21H,10H2,1H3. The molecule has 0 bridgehead atoms. The fourth-order valence-electron chi connectivity index (χ4n) is 2.43. The summed E-state index contributed by atoms with van der Waals surface area (Å²) in [5.41, 5.74) is 6.27. The second-order valence-electron chi connectivity index (χ2n) is 5.49. The van der Waals surface area contributed by atoms with E-state index in [-0.39, 0.29) is 5.82 Å². The van der Waals surface area contributed by atoms with Gasteiger partial charge in [-0.15, -0.1) is 0 Å². The maximum atomic E-state index is 13.0. The second kappa shape index (κ2) is 7.58.